The zero-order valence-electron chi connectivity index (χ0n) is 10.3. The number of benzene rings is 2. The molecular weight excluding hydrogens is 307 g/mol. The molecule has 2 aromatic rings. The van der Waals surface area contributed by atoms with E-state index in [1.165, 1.54) is 6.07 Å². The van der Waals surface area contributed by atoms with Crippen molar-refractivity contribution in [3.63, 3.8) is 0 Å². The van der Waals surface area contributed by atoms with Crippen molar-refractivity contribution in [1.82, 2.24) is 0 Å². The molecule has 0 fully saturated rings. The summed E-state index contributed by atoms with van der Waals surface area (Å²) in [5.41, 5.74) is 2.20. The fourth-order valence-electron chi connectivity index (χ4n) is 1.78. The summed E-state index contributed by atoms with van der Waals surface area (Å²) in [5.74, 6) is -0.369. The molecule has 96 valence electrons. The van der Waals surface area contributed by atoms with E-state index in [0.29, 0.717) is 5.69 Å². The van der Waals surface area contributed by atoms with E-state index >= 15 is 0 Å². The van der Waals surface area contributed by atoms with Gasteiger partial charge in [0.05, 0.1) is 11.8 Å². The van der Waals surface area contributed by atoms with Crippen molar-refractivity contribution in [3.05, 3.63) is 63.9 Å². The molecule has 2 aromatic carbocycles. The Kier molecular flexibility index (Phi) is 4.18. The highest BCUT2D eigenvalue weighted by Crippen LogP contribution is 2.27. The van der Waals surface area contributed by atoms with Crippen LogP contribution in [0.25, 0.3) is 0 Å². The van der Waals surface area contributed by atoms with Gasteiger partial charge in [-0.2, -0.15) is 5.26 Å². The molecule has 0 saturated carbocycles. The van der Waals surface area contributed by atoms with Crippen molar-refractivity contribution < 1.29 is 4.39 Å². The molecule has 4 heteroatoms. The SMILES string of the molecule is Cc1ccc(C(C#N)Nc2ccccc2F)c(Br)c1. The molecule has 0 spiro atoms. The fraction of sp³-hybridized carbons (Fsp3) is 0.133. The molecule has 0 aromatic heterocycles. The van der Waals surface area contributed by atoms with Crippen LogP contribution in [0.1, 0.15) is 17.2 Å². The van der Waals surface area contributed by atoms with Crippen LogP contribution >= 0.6 is 15.9 Å². The minimum atomic E-state index is -0.605. The van der Waals surface area contributed by atoms with Crippen LogP contribution in [0.15, 0.2) is 46.9 Å². The lowest BCUT2D eigenvalue weighted by Crippen LogP contribution is -2.10. The van der Waals surface area contributed by atoms with Crippen molar-refractivity contribution in [2.75, 3.05) is 5.32 Å². The standard InChI is InChI=1S/C15H12BrFN2/c1-10-6-7-11(12(16)8-10)15(9-18)19-14-5-3-2-4-13(14)17/h2-8,15,19H,1H3. The van der Waals surface area contributed by atoms with Gasteiger partial charge in [-0.25, -0.2) is 4.39 Å². The molecule has 0 saturated heterocycles. The molecule has 0 amide bonds. The topological polar surface area (TPSA) is 35.8 Å². The zero-order valence-corrected chi connectivity index (χ0v) is 11.9. The Morgan fingerprint density at radius 1 is 1.26 bits per heavy atom. The highest BCUT2D eigenvalue weighted by Gasteiger charge is 2.15. The highest BCUT2D eigenvalue weighted by atomic mass is 79.9. The maximum absolute atomic E-state index is 13.6. The fourth-order valence-corrected chi connectivity index (χ4v) is 2.50. The molecule has 0 radical (unpaired) electrons. The first-order valence-corrected chi connectivity index (χ1v) is 6.58. The second kappa shape index (κ2) is 5.85. The van der Waals surface area contributed by atoms with Crippen molar-refractivity contribution in [2.24, 2.45) is 0 Å². The van der Waals surface area contributed by atoms with Crippen LogP contribution < -0.4 is 5.32 Å². The van der Waals surface area contributed by atoms with Gasteiger partial charge in [0.1, 0.15) is 11.9 Å². The lowest BCUT2D eigenvalue weighted by Gasteiger charge is -2.15. The number of hydrogen-bond donors (Lipinski definition) is 1. The molecule has 1 atom stereocenters. The number of nitriles is 1. The Morgan fingerprint density at radius 2 is 2.00 bits per heavy atom. The highest BCUT2D eigenvalue weighted by molar-refractivity contribution is 9.10. The number of anilines is 1. The first kappa shape index (κ1) is 13.6. The van der Waals surface area contributed by atoms with Gasteiger partial charge in [-0.15, -0.1) is 0 Å². The van der Waals surface area contributed by atoms with Crippen molar-refractivity contribution in [3.8, 4) is 6.07 Å². The monoisotopic (exact) mass is 318 g/mol. The smallest absolute Gasteiger partial charge is 0.146 e. The number of nitrogens with one attached hydrogen (secondary N) is 1. The van der Waals surface area contributed by atoms with Gasteiger partial charge in [0.2, 0.25) is 0 Å². The zero-order chi connectivity index (χ0) is 13.8. The van der Waals surface area contributed by atoms with E-state index in [1.807, 2.05) is 25.1 Å². The first-order valence-electron chi connectivity index (χ1n) is 5.78. The Bertz CT molecular complexity index is 634. The summed E-state index contributed by atoms with van der Waals surface area (Å²) in [6.07, 6.45) is 0. The Labute approximate surface area is 120 Å². The van der Waals surface area contributed by atoms with Gasteiger partial charge in [-0.1, -0.05) is 40.2 Å². The van der Waals surface area contributed by atoms with Crippen LogP contribution in [0, 0.1) is 24.1 Å². The Hall–Kier alpha value is -1.86. The van der Waals surface area contributed by atoms with Crippen molar-refractivity contribution in [1.29, 1.82) is 5.26 Å². The van der Waals surface area contributed by atoms with Crippen LogP contribution in [0.3, 0.4) is 0 Å². The molecule has 0 heterocycles. The summed E-state index contributed by atoms with van der Waals surface area (Å²) in [7, 11) is 0. The van der Waals surface area contributed by atoms with Crippen molar-refractivity contribution in [2.45, 2.75) is 13.0 Å². The average Bonchev–Trinajstić information content (AvgIpc) is 2.39. The average molecular weight is 319 g/mol. The number of nitrogens with zero attached hydrogens (tertiary/aromatic N) is 1. The molecule has 1 N–H and O–H groups in total. The number of halogens is 2. The minimum Gasteiger partial charge on any atom is -0.364 e. The molecule has 0 aliphatic carbocycles. The van der Waals surface area contributed by atoms with Crippen LogP contribution in [-0.4, -0.2) is 0 Å². The van der Waals surface area contributed by atoms with Gasteiger partial charge in [0, 0.05) is 10.0 Å². The second-order valence-corrected chi connectivity index (χ2v) is 5.07. The predicted molar refractivity (Wildman–Crippen MR) is 77.3 cm³/mol. The summed E-state index contributed by atoms with van der Waals surface area (Å²) in [4.78, 5) is 0. The molecule has 0 bridgehead atoms. The third kappa shape index (κ3) is 3.12. The first-order chi connectivity index (χ1) is 9.11. The largest absolute Gasteiger partial charge is 0.364 e. The van der Waals surface area contributed by atoms with E-state index in [0.717, 1.165) is 15.6 Å². The van der Waals surface area contributed by atoms with E-state index in [1.54, 1.807) is 18.2 Å². The molecular formula is C15H12BrFN2. The number of para-hydroxylation sites is 1. The number of hydrogen-bond acceptors (Lipinski definition) is 2. The van der Waals surface area contributed by atoms with Crippen LogP contribution in [0.5, 0.6) is 0 Å². The summed E-state index contributed by atoms with van der Waals surface area (Å²) >= 11 is 3.44. The molecule has 1 unspecified atom stereocenters. The van der Waals surface area contributed by atoms with E-state index in [9.17, 15) is 9.65 Å². The normalized spacial score (nSPS) is 11.7. The summed E-state index contributed by atoms with van der Waals surface area (Å²) in [5, 5.41) is 12.2. The third-order valence-electron chi connectivity index (χ3n) is 2.77. The van der Waals surface area contributed by atoms with Gasteiger partial charge in [0.25, 0.3) is 0 Å². The van der Waals surface area contributed by atoms with Gasteiger partial charge < -0.3 is 5.32 Å². The van der Waals surface area contributed by atoms with Crippen LogP contribution in [0.2, 0.25) is 0 Å². The Balaban J connectivity index is 2.31. The maximum Gasteiger partial charge on any atom is 0.146 e. The molecule has 0 aliphatic rings. The number of aryl methyl sites for hydroxylation is 1. The van der Waals surface area contributed by atoms with E-state index in [4.69, 9.17) is 0 Å². The summed E-state index contributed by atoms with van der Waals surface area (Å²) in [6.45, 7) is 1.97. The van der Waals surface area contributed by atoms with Crippen LogP contribution in [0.4, 0.5) is 10.1 Å². The number of rotatable bonds is 3. The minimum absolute atomic E-state index is 0.321. The van der Waals surface area contributed by atoms with E-state index in [2.05, 4.69) is 27.3 Å². The molecule has 2 nitrogen and oxygen atoms in total. The second-order valence-electron chi connectivity index (χ2n) is 4.21. The molecule has 19 heavy (non-hydrogen) atoms. The molecule has 2 rings (SSSR count). The van der Waals surface area contributed by atoms with E-state index < -0.39 is 6.04 Å². The van der Waals surface area contributed by atoms with Crippen LogP contribution in [-0.2, 0) is 0 Å². The summed E-state index contributed by atoms with van der Waals surface area (Å²) < 4.78 is 14.4. The molecule has 0 aliphatic heterocycles. The van der Waals surface area contributed by atoms with Gasteiger partial charge >= 0.3 is 0 Å². The quantitative estimate of drug-likeness (QED) is 0.899. The Morgan fingerprint density at radius 3 is 2.63 bits per heavy atom. The van der Waals surface area contributed by atoms with Gasteiger partial charge in [0.15, 0.2) is 0 Å². The predicted octanol–water partition coefficient (Wildman–Crippen LogP) is 4.57. The van der Waals surface area contributed by atoms with E-state index in [-0.39, 0.29) is 5.82 Å². The van der Waals surface area contributed by atoms with Gasteiger partial charge in [-0.05, 0) is 30.7 Å². The maximum atomic E-state index is 13.6. The van der Waals surface area contributed by atoms with Gasteiger partial charge in [-0.3, -0.25) is 0 Å². The lowest BCUT2D eigenvalue weighted by molar-refractivity contribution is 0.629. The van der Waals surface area contributed by atoms with Crippen molar-refractivity contribution >= 4 is 21.6 Å². The summed E-state index contributed by atoms with van der Waals surface area (Å²) in [6, 6.07) is 13.6. The lowest BCUT2D eigenvalue weighted by atomic mass is 10.1. The third-order valence-corrected chi connectivity index (χ3v) is 3.46.